The molecule has 0 unspecified atom stereocenters. The fourth-order valence-electron chi connectivity index (χ4n) is 1.31. The lowest BCUT2D eigenvalue weighted by Gasteiger charge is -2.06. The molecule has 6 heteroatoms. The quantitative estimate of drug-likeness (QED) is 0.437. The highest BCUT2D eigenvalue weighted by atomic mass is 16.6. The van der Waals surface area contributed by atoms with Gasteiger partial charge in [0.1, 0.15) is 0 Å². The second-order valence-corrected chi connectivity index (χ2v) is 3.08. The molecule has 0 bridgehead atoms. The van der Waals surface area contributed by atoms with E-state index in [1.807, 2.05) is 0 Å². The molecule has 0 spiro atoms. The van der Waals surface area contributed by atoms with Gasteiger partial charge in [-0.3, -0.25) is 20.1 Å². The lowest BCUT2D eigenvalue weighted by atomic mass is 10.0. The molecule has 0 aliphatic heterocycles. The summed E-state index contributed by atoms with van der Waals surface area (Å²) in [5.41, 5.74) is 2.57. The number of benzene rings is 1. The molecule has 0 radical (unpaired) electrons. The summed E-state index contributed by atoms with van der Waals surface area (Å²) in [6, 6.07) is 2.55. The predicted molar refractivity (Wildman–Crippen MR) is 51.8 cm³/mol. The van der Waals surface area contributed by atoms with Crippen molar-refractivity contribution in [3.63, 3.8) is 0 Å². The van der Waals surface area contributed by atoms with Crippen molar-refractivity contribution >= 4 is 11.6 Å². The highest BCUT2D eigenvalue weighted by molar-refractivity contribution is 5.95. The van der Waals surface area contributed by atoms with E-state index in [1.54, 1.807) is 13.8 Å². The van der Waals surface area contributed by atoms with Crippen LogP contribution in [0.25, 0.3) is 0 Å². The number of amides is 1. The fraction of sp³-hybridized carbons (Fsp3) is 0.222. The van der Waals surface area contributed by atoms with Crippen molar-refractivity contribution in [3.8, 4) is 0 Å². The lowest BCUT2D eigenvalue weighted by Crippen LogP contribution is -2.20. The molecule has 1 rings (SSSR count). The SMILES string of the molecule is Cc1c(C(=O)NO)ccc([N+](=O)[O-])c1C. The average molecular weight is 210 g/mol. The Balaban J connectivity index is 3.33. The zero-order valence-electron chi connectivity index (χ0n) is 8.27. The normalized spacial score (nSPS) is 9.80. The van der Waals surface area contributed by atoms with Crippen LogP contribution in [0.4, 0.5) is 5.69 Å². The number of nitrogens with one attached hydrogen (secondary N) is 1. The lowest BCUT2D eigenvalue weighted by molar-refractivity contribution is -0.385. The number of nitrogens with zero attached hydrogens (tertiary/aromatic N) is 1. The van der Waals surface area contributed by atoms with E-state index in [-0.39, 0.29) is 11.3 Å². The smallest absolute Gasteiger partial charge is 0.274 e. The van der Waals surface area contributed by atoms with E-state index in [0.29, 0.717) is 11.1 Å². The molecule has 0 atom stereocenters. The summed E-state index contributed by atoms with van der Waals surface area (Å²) in [4.78, 5) is 21.2. The van der Waals surface area contributed by atoms with Crippen molar-refractivity contribution in [2.75, 3.05) is 0 Å². The molecule has 0 heterocycles. The van der Waals surface area contributed by atoms with Crippen molar-refractivity contribution in [2.24, 2.45) is 0 Å². The summed E-state index contributed by atoms with van der Waals surface area (Å²) in [5.74, 6) is -0.675. The van der Waals surface area contributed by atoms with E-state index >= 15 is 0 Å². The maximum Gasteiger partial charge on any atom is 0.274 e. The third-order valence-electron chi connectivity index (χ3n) is 2.30. The standard InChI is InChI=1S/C9H10N2O4/c1-5-6(2)8(11(14)15)4-3-7(5)9(12)10-13/h3-4,13H,1-2H3,(H,10,12). The van der Waals surface area contributed by atoms with Gasteiger partial charge < -0.3 is 0 Å². The van der Waals surface area contributed by atoms with Gasteiger partial charge in [-0.25, -0.2) is 5.48 Å². The first kappa shape index (κ1) is 11.1. The molecule has 0 aromatic heterocycles. The average Bonchev–Trinajstić information content (AvgIpc) is 2.20. The highest BCUT2D eigenvalue weighted by Gasteiger charge is 2.17. The molecule has 80 valence electrons. The summed E-state index contributed by atoms with van der Waals surface area (Å²) >= 11 is 0. The number of carbonyl (C=O) groups is 1. The second kappa shape index (κ2) is 4.05. The van der Waals surface area contributed by atoms with Crippen LogP contribution in [0.5, 0.6) is 0 Å². The minimum absolute atomic E-state index is 0.0398. The van der Waals surface area contributed by atoms with Crippen LogP contribution in [0.1, 0.15) is 21.5 Å². The van der Waals surface area contributed by atoms with Crippen LogP contribution < -0.4 is 5.48 Å². The van der Waals surface area contributed by atoms with E-state index < -0.39 is 10.8 Å². The van der Waals surface area contributed by atoms with Gasteiger partial charge in [-0.05, 0) is 25.5 Å². The van der Waals surface area contributed by atoms with Gasteiger partial charge >= 0.3 is 0 Å². The number of nitro groups is 1. The third-order valence-corrected chi connectivity index (χ3v) is 2.30. The summed E-state index contributed by atoms with van der Waals surface area (Å²) in [6.07, 6.45) is 0. The largest absolute Gasteiger partial charge is 0.288 e. The molecule has 6 nitrogen and oxygen atoms in total. The molecule has 0 saturated heterocycles. The Bertz CT molecular complexity index is 428. The van der Waals surface area contributed by atoms with Gasteiger partial charge in [0, 0.05) is 17.2 Å². The molecule has 1 aromatic carbocycles. The van der Waals surface area contributed by atoms with Gasteiger partial charge in [-0.1, -0.05) is 0 Å². The molecule has 1 aromatic rings. The van der Waals surface area contributed by atoms with Gasteiger partial charge in [0.15, 0.2) is 0 Å². The zero-order chi connectivity index (χ0) is 11.6. The highest BCUT2D eigenvalue weighted by Crippen LogP contribution is 2.23. The zero-order valence-corrected chi connectivity index (χ0v) is 8.27. The van der Waals surface area contributed by atoms with Crippen molar-refractivity contribution in [1.29, 1.82) is 0 Å². The van der Waals surface area contributed by atoms with E-state index in [0.717, 1.165) is 0 Å². The van der Waals surface area contributed by atoms with Gasteiger partial charge in [0.25, 0.3) is 11.6 Å². The summed E-state index contributed by atoms with van der Waals surface area (Å²) < 4.78 is 0. The van der Waals surface area contributed by atoms with Gasteiger partial charge in [0.05, 0.1) is 4.92 Å². The minimum Gasteiger partial charge on any atom is -0.288 e. The van der Waals surface area contributed by atoms with E-state index in [9.17, 15) is 14.9 Å². The molecule has 1 amide bonds. The molecule has 0 aliphatic carbocycles. The summed E-state index contributed by atoms with van der Waals surface area (Å²) in [5, 5.41) is 19.0. The molecule has 0 fully saturated rings. The van der Waals surface area contributed by atoms with Crippen LogP contribution in [0.15, 0.2) is 12.1 Å². The molecular formula is C9H10N2O4. The maximum atomic E-state index is 11.1. The Morgan fingerprint density at radius 1 is 1.40 bits per heavy atom. The summed E-state index contributed by atoms with van der Waals surface area (Å²) in [7, 11) is 0. The Morgan fingerprint density at radius 3 is 2.47 bits per heavy atom. The Hall–Kier alpha value is -1.95. The van der Waals surface area contributed by atoms with Crippen LogP contribution in [0.3, 0.4) is 0 Å². The number of nitro benzene ring substituents is 1. The van der Waals surface area contributed by atoms with Gasteiger partial charge in [-0.15, -0.1) is 0 Å². The van der Waals surface area contributed by atoms with Crippen molar-refractivity contribution < 1.29 is 14.9 Å². The Labute approximate surface area is 85.6 Å². The maximum absolute atomic E-state index is 11.1. The van der Waals surface area contributed by atoms with Gasteiger partial charge in [0.2, 0.25) is 0 Å². The molecule has 0 saturated carbocycles. The minimum atomic E-state index is -0.675. The van der Waals surface area contributed by atoms with E-state index in [1.165, 1.54) is 17.6 Å². The Morgan fingerprint density at radius 2 is 2.00 bits per heavy atom. The van der Waals surface area contributed by atoms with Crippen molar-refractivity contribution in [2.45, 2.75) is 13.8 Å². The van der Waals surface area contributed by atoms with Gasteiger partial charge in [-0.2, -0.15) is 0 Å². The third kappa shape index (κ3) is 1.94. The fourth-order valence-corrected chi connectivity index (χ4v) is 1.31. The molecular weight excluding hydrogens is 200 g/mol. The van der Waals surface area contributed by atoms with Crippen LogP contribution in [0.2, 0.25) is 0 Å². The first-order chi connectivity index (χ1) is 6.99. The van der Waals surface area contributed by atoms with E-state index in [4.69, 9.17) is 5.21 Å². The molecule has 2 N–H and O–H groups in total. The summed E-state index contributed by atoms with van der Waals surface area (Å²) in [6.45, 7) is 3.15. The van der Waals surface area contributed by atoms with Crippen molar-refractivity contribution in [1.82, 2.24) is 5.48 Å². The monoisotopic (exact) mass is 210 g/mol. The number of hydrogen-bond acceptors (Lipinski definition) is 4. The van der Waals surface area contributed by atoms with E-state index in [2.05, 4.69) is 0 Å². The van der Waals surface area contributed by atoms with Crippen LogP contribution in [-0.4, -0.2) is 16.0 Å². The first-order valence-corrected chi connectivity index (χ1v) is 4.18. The number of carbonyl (C=O) groups excluding carboxylic acids is 1. The van der Waals surface area contributed by atoms with Crippen LogP contribution in [0, 0.1) is 24.0 Å². The first-order valence-electron chi connectivity index (χ1n) is 4.18. The predicted octanol–water partition coefficient (Wildman–Crippen LogP) is 1.33. The van der Waals surface area contributed by atoms with Crippen molar-refractivity contribution in [3.05, 3.63) is 38.9 Å². The molecule has 15 heavy (non-hydrogen) atoms. The number of hydroxylamine groups is 1. The number of rotatable bonds is 2. The second-order valence-electron chi connectivity index (χ2n) is 3.08. The Kier molecular flexibility index (Phi) is 3.01. The molecule has 0 aliphatic rings. The van der Waals surface area contributed by atoms with Crippen LogP contribution in [-0.2, 0) is 0 Å². The number of hydrogen-bond donors (Lipinski definition) is 2. The topological polar surface area (TPSA) is 92.5 Å². The van der Waals surface area contributed by atoms with Crippen LogP contribution >= 0.6 is 0 Å².